The van der Waals surface area contributed by atoms with Crippen molar-refractivity contribution < 1.29 is 14.1 Å². The Labute approximate surface area is 110 Å². The van der Waals surface area contributed by atoms with Gasteiger partial charge in [0.1, 0.15) is 18.0 Å². The number of nitrogens with zero attached hydrogens (tertiary/aromatic N) is 2. The molecule has 0 saturated heterocycles. The number of hydrogen-bond acceptors (Lipinski definition) is 2. The summed E-state index contributed by atoms with van der Waals surface area (Å²) in [6, 6.07) is 0. The van der Waals surface area contributed by atoms with Crippen molar-refractivity contribution in [1.29, 1.82) is 0 Å². The fraction of sp³-hybridized carbons (Fsp3) is 0.692. The van der Waals surface area contributed by atoms with Crippen LogP contribution in [0.5, 0.6) is 0 Å². The molecule has 2 radical (unpaired) electrons. The Kier molecular flexibility index (Phi) is 4.60. The summed E-state index contributed by atoms with van der Waals surface area (Å²) in [6.45, 7) is 7.66. The van der Waals surface area contributed by atoms with E-state index in [2.05, 4.69) is 0 Å². The molecule has 0 fully saturated rings. The standard InChI is InChI=1S/C13H23BN2O2/c1-7-10(11(17)18-13(2,3)4)14-12-15(5)8-9-16(12)6/h8-10H,7H2,1-6H3. The average molecular weight is 250 g/mol. The molecule has 1 heterocycles. The van der Waals surface area contributed by atoms with Crippen molar-refractivity contribution in [3.05, 3.63) is 12.4 Å². The van der Waals surface area contributed by atoms with E-state index in [4.69, 9.17) is 4.74 Å². The van der Waals surface area contributed by atoms with E-state index in [9.17, 15) is 4.79 Å². The fourth-order valence-electron chi connectivity index (χ4n) is 1.75. The molecule has 0 amide bonds. The van der Waals surface area contributed by atoms with Crippen molar-refractivity contribution in [3.63, 3.8) is 0 Å². The van der Waals surface area contributed by atoms with Gasteiger partial charge in [0.2, 0.25) is 0 Å². The van der Waals surface area contributed by atoms with Crippen molar-refractivity contribution in [2.24, 2.45) is 14.1 Å². The summed E-state index contributed by atoms with van der Waals surface area (Å²) >= 11 is 0. The second-order valence-corrected chi connectivity index (χ2v) is 5.59. The summed E-state index contributed by atoms with van der Waals surface area (Å²) in [4.78, 5) is 12.1. The lowest BCUT2D eigenvalue weighted by molar-refractivity contribution is -0.653. The largest absolute Gasteiger partial charge is 0.462 e. The molecule has 1 aromatic rings. The first-order valence-corrected chi connectivity index (χ1v) is 6.33. The lowest BCUT2D eigenvalue weighted by Gasteiger charge is -2.28. The van der Waals surface area contributed by atoms with Gasteiger partial charge in [0.25, 0.3) is 5.97 Å². The number of imidazole rings is 1. The van der Waals surface area contributed by atoms with Crippen LogP contribution in [0.15, 0.2) is 12.4 Å². The summed E-state index contributed by atoms with van der Waals surface area (Å²) in [5.74, 6) is -0.366. The van der Waals surface area contributed by atoms with Crippen LogP contribution in [0.3, 0.4) is 0 Å². The molecule has 0 aliphatic carbocycles. The first-order chi connectivity index (χ1) is 8.24. The van der Waals surface area contributed by atoms with E-state index in [-0.39, 0.29) is 11.8 Å². The maximum absolute atomic E-state index is 12.1. The highest BCUT2D eigenvalue weighted by molar-refractivity contribution is 6.56. The second-order valence-electron chi connectivity index (χ2n) is 5.59. The van der Waals surface area contributed by atoms with E-state index in [0.717, 1.165) is 12.1 Å². The lowest BCUT2D eigenvalue weighted by Crippen LogP contribution is -2.51. The molecule has 0 spiro atoms. The number of rotatable bonds is 4. The maximum Gasteiger partial charge on any atom is 0.268 e. The first-order valence-electron chi connectivity index (χ1n) is 6.33. The third-order valence-electron chi connectivity index (χ3n) is 2.74. The molecule has 1 rings (SSSR count). The third-order valence-corrected chi connectivity index (χ3v) is 2.74. The Bertz CT molecular complexity index is 402. The number of ether oxygens (including phenoxy) is 1. The molecule has 1 unspecified atom stereocenters. The first kappa shape index (κ1) is 14.8. The third kappa shape index (κ3) is 3.89. The molecule has 0 bridgehead atoms. The smallest absolute Gasteiger partial charge is 0.268 e. The van der Waals surface area contributed by atoms with Gasteiger partial charge in [0.05, 0.1) is 14.1 Å². The molecule has 1 atom stereocenters. The van der Waals surface area contributed by atoms with E-state index in [1.807, 2.05) is 70.6 Å². The van der Waals surface area contributed by atoms with Crippen LogP contribution in [0.1, 0.15) is 34.1 Å². The Morgan fingerprint density at radius 3 is 2.56 bits per heavy atom. The summed E-state index contributed by atoms with van der Waals surface area (Å²) in [6.07, 6.45) is 4.67. The zero-order valence-corrected chi connectivity index (χ0v) is 12.2. The zero-order chi connectivity index (χ0) is 13.9. The molecular weight excluding hydrogens is 227 g/mol. The van der Waals surface area contributed by atoms with Crippen LogP contribution in [0.25, 0.3) is 0 Å². The average Bonchev–Trinajstić information content (AvgIpc) is 2.53. The van der Waals surface area contributed by atoms with Gasteiger partial charge in [-0.15, -0.1) is 5.82 Å². The summed E-state index contributed by atoms with van der Waals surface area (Å²) in [7, 11) is 5.90. The van der Waals surface area contributed by atoms with Gasteiger partial charge in [-0.2, -0.15) is 7.28 Å². The van der Waals surface area contributed by atoms with Crippen molar-refractivity contribution in [3.8, 4) is 0 Å². The molecule has 0 N–H and O–H groups in total. The normalized spacial score (nSPS) is 13.4. The van der Waals surface area contributed by atoms with Crippen LogP contribution in [0, 0.1) is 0 Å². The highest BCUT2D eigenvalue weighted by Gasteiger charge is 2.19. The van der Waals surface area contributed by atoms with Crippen LogP contribution in [-0.2, 0) is 23.6 Å². The van der Waals surface area contributed by atoms with E-state index in [1.54, 1.807) is 0 Å². The minimum absolute atomic E-state index is 0.161. The summed E-state index contributed by atoms with van der Waals surface area (Å²) in [5.41, 5.74) is 0.571. The number of carbonyl (C=O) groups is 1. The Hall–Kier alpha value is -1.26. The highest BCUT2D eigenvalue weighted by Crippen LogP contribution is 2.16. The SMILES string of the molecule is CCC([B-]c1n(C)cc[n+]1C)C(=O)OC(C)(C)C. The number of hydrogen-bond donors (Lipinski definition) is 0. The van der Waals surface area contributed by atoms with Gasteiger partial charge in [-0.1, -0.05) is 13.3 Å². The van der Waals surface area contributed by atoms with Gasteiger partial charge in [0, 0.05) is 5.72 Å². The van der Waals surface area contributed by atoms with Crippen molar-refractivity contribution in [2.45, 2.75) is 45.5 Å². The molecular formula is C13H23BN2O2. The second kappa shape index (κ2) is 5.59. The maximum atomic E-state index is 12.1. The van der Waals surface area contributed by atoms with Gasteiger partial charge in [-0.25, -0.2) is 0 Å². The Morgan fingerprint density at radius 1 is 1.56 bits per heavy atom. The van der Waals surface area contributed by atoms with Crippen molar-refractivity contribution >= 4 is 19.0 Å². The quantitative estimate of drug-likeness (QED) is 0.448. The zero-order valence-electron chi connectivity index (χ0n) is 12.2. The fourth-order valence-corrected chi connectivity index (χ4v) is 1.75. The number of carbonyl (C=O) groups excluding carboxylic acids is 1. The summed E-state index contributed by atoms with van der Waals surface area (Å²) < 4.78 is 9.42. The predicted octanol–water partition coefficient (Wildman–Crippen LogP) is 0.719. The number of aromatic nitrogens is 2. The Morgan fingerprint density at radius 2 is 2.17 bits per heavy atom. The molecule has 0 aromatic carbocycles. The Balaban J connectivity index is 2.77. The molecule has 5 heteroatoms. The van der Waals surface area contributed by atoms with Crippen LogP contribution in [-0.4, -0.2) is 23.4 Å². The number of esters is 1. The van der Waals surface area contributed by atoms with Crippen LogP contribution < -0.4 is 10.3 Å². The number of aryl methyl sites for hydroxylation is 2. The van der Waals surface area contributed by atoms with Crippen molar-refractivity contribution in [1.82, 2.24) is 4.57 Å². The molecule has 18 heavy (non-hydrogen) atoms. The van der Waals surface area contributed by atoms with Gasteiger partial charge >= 0.3 is 0 Å². The van der Waals surface area contributed by atoms with E-state index >= 15 is 0 Å². The minimum Gasteiger partial charge on any atom is -0.462 e. The molecule has 4 nitrogen and oxygen atoms in total. The molecule has 100 valence electrons. The van der Waals surface area contributed by atoms with Crippen LogP contribution in [0.2, 0.25) is 5.82 Å². The van der Waals surface area contributed by atoms with Gasteiger partial charge in [-0.3, -0.25) is 13.9 Å². The van der Waals surface area contributed by atoms with Crippen LogP contribution in [0.4, 0.5) is 0 Å². The molecule has 0 aliphatic heterocycles. The van der Waals surface area contributed by atoms with Crippen LogP contribution >= 0.6 is 0 Å². The van der Waals surface area contributed by atoms with Crippen molar-refractivity contribution in [2.75, 3.05) is 0 Å². The molecule has 0 aliphatic rings. The predicted molar refractivity (Wildman–Crippen MR) is 71.9 cm³/mol. The molecule has 0 saturated carbocycles. The lowest BCUT2D eigenvalue weighted by atomic mass is 9.62. The monoisotopic (exact) mass is 250 g/mol. The van der Waals surface area contributed by atoms with Gasteiger partial charge < -0.3 is 4.74 Å². The van der Waals surface area contributed by atoms with E-state index < -0.39 is 5.60 Å². The van der Waals surface area contributed by atoms with Gasteiger partial charge in [-0.05, 0) is 20.8 Å². The minimum atomic E-state index is -0.436. The van der Waals surface area contributed by atoms with E-state index in [0.29, 0.717) is 0 Å². The van der Waals surface area contributed by atoms with E-state index in [1.165, 1.54) is 0 Å². The topological polar surface area (TPSA) is 35.1 Å². The molecule has 1 aromatic heterocycles. The summed E-state index contributed by atoms with van der Waals surface area (Å²) in [5, 5.41) is 0. The highest BCUT2D eigenvalue weighted by atomic mass is 16.6. The van der Waals surface area contributed by atoms with Gasteiger partial charge in [0.15, 0.2) is 0 Å².